The summed E-state index contributed by atoms with van der Waals surface area (Å²) >= 11 is 1.35. The van der Waals surface area contributed by atoms with Gasteiger partial charge in [-0.2, -0.15) is 0 Å². The first-order valence-electron chi connectivity index (χ1n) is 7.21. The van der Waals surface area contributed by atoms with Crippen LogP contribution in [0.2, 0.25) is 0 Å². The number of hydrogen-bond donors (Lipinski definition) is 2. The Morgan fingerprint density at radius 1 is 1.41 bits per heavy atom. The Kier molecular flexibility index (Phi) is 5.26. The zero-order chi connectivity index (χ0) is 16.2. The molecule has 2 rings (SSSR count). The number of aryl methyl sites for hydroxylation is 1. The Balaban J connectivity index is 2.10. The highest BCUT2D eigenvalue weighted by atomic mass is 32.1. The van der Waals surface area contributed by atoms with Gasteiger partial charge in [-0.25, -0.2) is 4.98 Å². The number of nitrogens with zero attached hydrogens (tertiary/aromatic N) is 2. The van der Waals surface area contributed by atoms with E-state index in [0.29, 0.717) is 23.5 Å². The second-order valence-corrected chi connectivity index (χ2v) is 6.97. The summed E-state index contributed by atoms with van der Waals surface area (Å²) < 4.78 is 0. The van der Waals surface area contributed by atoms with E-state index in [9.17, 15) is 4.79 Å². The fourth-order valence-corrected chi connectivity index (χ4v) is 2.96. The van der Waals surface area contributed by atoms with Crippen molar-refractivity contribution in [1.29, 1.82) is 0 Å². The number of carbonyl (C=O) groups excluding carboxylic acids is 1. The van der Waals surface area contributed by atoms with Gasteiger partial charge in [-0.15, -0.1) is 11.3 Å². The molecule has 0 unspecified atom stereocenters. The molecule has 0 atom stereocenters. The van der Waals surface area contributed by atoms with Crippen LogP contribution >= 0.6 is 11.3 Å². The average Bonchev–Trinajstić information content (AvgIpc) is 2.88. The van der Waals surface area contributed by atoms with Crippen LogP contribution in [0, 0.1) is 12.3 Å². The molecule has 118 valence electrons. The molecule has 0 fully saturated rings. The third-order valence-electron chi connectivity index (χ3n) is 3.40. The van der Waals surface area contributed by atoms with E-state index in [-0.39, 0.29) is 17.9 Å². The molecule has 2 aromatic rings. The number of aromatic nitrogens is 2. The van der Waals surface area contributed by atoms with E-state index in [4.69, 9.17) is 5.11 Å². The van der Waals surface area contributed by atoms with Gasteiger partial charge in [0.15, 0.2) is 0 Å². The van der Waals surface area contributed by atoms with Crippen molar-refractivity contribution in [3.05, 3.63) is 35.0 Å². The normalized spacial score (nSPS) is 11.5. The van der Waals surface area contributed by atoms with Gasteiger partial charge >= 0.3 is 0 Å². The van der Waals surface area contributed by atoms with Gasteiger partial charge < -0.3 is 10.4 Å². The van der Waals surface area contributed by atoms with E-state index >= 15 is 0 Å². The Morgan fingerprint density at radius 2 is 2.18 bits per heavy atom. The minimum absolute atomic E-state index is 0.117. The molecule has 5 nitrogen and oxygen atoms in total. The highest BCUT2D eigenvalue weighted by Crippen LogP contribution is 2.26. The molecule has 0 aromatic carbocycles. The molecule has 0 radical (unpaired) electrons. The van der Waals surface area contributed by atoms with Gasteiger partial charge in [-0.1, -0.05) is 19.9 Å². The smallest absolute Gasteiger partial charge is 0.263 e. The largest absolute Gasteiger partial charge is 0.396 e. The van der Waals surface area contributed by atoms with E-state index in [1.54, 1.807) is 6.20 Å². The third kappa shape index (κ3) is 4.11. The van der Waals surface area contributed by atoms with Crippen molar-refractivity contribution in [2.24, 2.45) is 5.41 Å². The number of amides is 1. The lowest BCUT2D eigenvalue weighted by Gasteiger charge is -2.23. The molecule has 0 bridgehead atoms. The quantitative estimate of drug-likeness (QED) is 0.858. The zero-order valence-electron chi connectivity index (χ0n) is 13.1. The maximum Gasteiger partial charge on any atom is 0.263 e. The summed E-state index contributed by atoms with van der Waals surface area (Å²) in [6, 6.07) is 5.63. The molecule has 0 spiro atoms. The van der Waals surface area contributed by atoms with Crippen molar-refractivity contribution in [2.45, 2.75) is 27.2 Å². The Labute approximate surface area is 134 Å². The summed E-state index contributed by atoms with van der Waals surface area (Å²) in [4.78, 5) is 21.6. The number of carbonyl (C=O) groups is 1. The van der Waals surface area contributed by atoms with E-state index in [1.807, 2.05) is 39.0 Å². The molecule has 22 heavy (non-hydrogen) atoms. The lowest BCUT2D eigenvalue weighted by molar-refractivity contribution is 0.0931. The molecule has 0 aliphatic heterocycles. The minimum Gasteiger partial charge on any atom is -0.396 e. The van der Waals surface area contributed by atoms with Crippen molar-refractivity contribution >= 4 is 17.2 Å². The molecular weight excluding hydrogens is 298 g/mol. The van der Waals surface area contributed by atoms with Crippen LogP contribution in [0.25, 0.3) is 10.7 Å². The lowest BCUT2D eigenvalue weighted by atomic mass is 9.90. The topological polar surface area (TPSA) is 75.1 Å². The predicted octanol–water partition coefficient (Wildman–Crippen LogP) is 2.65. The highest BCUT2D eigenvalue weighted by Gasteiger charge is 2.21. The van der Waals surface area contributed by atoms with Crippen LogP contribution in [0.3, 0.4) is 0 Å². The second kappa shape index (κ2) is 6.98. The maximum absolute atomic E-state index is 12.3. The van der Waals surface area contributed by atoms with Crippen molar-refractivity contribution in [1.82, 2.24) is 15.3 Å². The van der Waals surface area contributed by atoms with E-state index < -0.39 is 0 Å². The van der Waals surface area contributed by atoms with Gasteiger partial charge in [0.25, 0.3) is 5.91 Å². The van der Waals surface area contributed by atoms with Crippen LogP contribution in [0.1, 0.15) is 35.6 Å². The second-order valence-electron chi connectivity index (χ2n) is 5.97. The standard InChI is InChI=1S/C16H21N3O2S/c1-11-13(14(21)18-10-16(2,3)7-9-20)22-15(19-11)12-6-4-5-8-17-12/h4-6,8,20H,7,9-10H2,1-3H3,(H,18,21). The van der Waals surface area contributed by atoms with Crippen LogP contribution in [0.4, 0.5) is 0 Å². The maximum atomic E-state index is 12.3. The number of rotatable bonds is 6. The van der Waals surface area contributed by atoms with E-state index in [1.165, 1.54) is 11.3 Å². The first kappa shape index (κ1) is 16.6. The first-order chi connectivity index (χ1) is 10.4. The van der Waals surface area contributed by atoms with E-state index in [0.717, 1.165) is 10.7 Å². The van der Waals surface area contributed by atoms with Crippen LogP contribution in [0.5, 0.6) is 0 Å². The van der Waals surface area contributed by atoms with Gasteiger partial charge in [-0.05, 0) is 30.9 Å². The van der Waals surface area contributed by atoms with E-state index in [2.05, 4.69) is 15.3 Å². The number of nitrogens with one attached hydrogen (secondary N) is 1. The molecule has 6 heteroatoms. The first-order valence-corrected chi connectivity index (χ1v) is 8.02. The predicted molar refractivity (Wildman–Crippen MR) is 87.9 cm³/mol. The van der Waals surface area contributed by atoms with Gasteiger partial charge in [0.05, 0.1) is 11.4 Å². The summed E-state index contributed by atoms with van der Waals surface area (Å²) in [6.45, 7) is 6.50. The van der Waals surface area contributed by atoms with Crippen LogP contribution < -0.4 is 5.32 Å². The van der Waals surface area contributed by atoms with Crippen LogP contribution in [0.15, 0.2) is 24.4 Å². The Morgan fingerprint density at radius 3 is 2.82 bits per heavy atom. The fraction of sp³-hybridized carbons (Fsp3) is 0.438. The molecule has 0 saturated heterocycles. The molecule has 2 aromatic heterocycles. The summed E-state index contributed by atoms with van der Waals surface area (Å²) in [6.07, 6.45) is 2.36. The number of pyridine rings is 1. The number of aliphatic hydroxyl groups excluding tert-OH is 1. The Bertz CT molecular complexity index is 638. The molecule has 0 aliphatic carbocycles. The summed E-state index contributed by atoms with van der Waals surface area (Å²) in [5.41, 5.74) is 1.35. The summed E-state index contributed by atoms with van der Waals surface area (Å²) in [7, 11) is 0. The average molecular weight is 319 g/mol. The van der Waals surface area contributed by atoms with Gasteiger partial charge in [-0.3, -0.25) is 9.78 Å². The number of hydrogen-bond acceptors (Lipinski definition) is 5. The molecule has 1 amide bonds. The number of thiazole rings is 1. The summed E-state index contributed by atoms with van der Waals surface area (Å²) in [5.74, 6) is -0.122. The monoisotopic (exact) mass is 319 g/mol. The molecular formula is C16H21N3O2S. The van der Waals surface area contributed by atoms with Gasteiger partial charge in [0.1, 0.15) is 9.88 Å². The third-order valence-corrected chi connectivity index (χ3v) is 4.58. The number of aliphatic hydroxyl groups is 1. The van der Waals surface area contributed by atoms with Crippen molar-refractivity contribution in [3.8, 4) is 10.7 Å². The molecule has 0 aliphatic rings. The zero-order valence-corrected chi connectivity index (χ0v) is 13.9. The SMILES string of the molecule is Cc1nc(-c2ccccn2)sc1C(=O)NCC(C)(C)CCO. The molecule has 2 heterocycles. The van der Waals surface area contributed by atoms with Crippen LogP contribution in [-0.4, -0.2) is 34.1 Å². The Hall–Kier alpha value is -1.79. The van der Waals surface area contributed by atoms with Gasteiger partial charge in [0.2, 0.25) is 0 Å². The van der Waals surface area contributed by atoms with Crippen molar-refractivity contribution in [2.75, 3.05) is 13.2 Å². The lowest BCUT2D eigenvalue weighted by Crippen LogP contribution is -2.34. The molecule has 2 N–H and O–H groups in total. The van der Waals surface area contributed by atoms with Gasteiger partial charge in [0, 0.05) is 19.3 Å². The molecule has 0 saturated carbocycles. The highest BCUT2D eigenvalue weighted by molar-refractivity contribution is 7.17. The van der Waals surface area contributed by atoms with Crippen molar-refractivity contribution in [3.63, 3.8) is 0 Å². The van der Waals surface area contributed by atoms with Crippen molar-refractivity contribution < 1.29 is 9.90 Å². The van der Waals surface area contributed by atoms with Crippen LogP contribution in [-0.2, 0) is 0 Å². The summed E-state index contributed by atoms with van der Waals surface area (Å²) in [5, 5.41) is 12.7. The minimum atomic E-state index is -0.132. The fourth-order valence-electron chi connectivity index (χ4n) is 2.00.